The third-order valence-electron chi connectivity index (χ3n) is 3.25. The third kappa shape index (κ3) is 6.16. The Kier molecular flexibility index (Phi) is 9.07. The van der Waals surface area contributed by atoms with Crippen molar-refractivity contribution in [1.82, 2.24) is 9.80 Å². The normalized spacial score (nSPS) is 14.4. The Hall–Kier alpha value is -0.760. The lowest BCUT2D eigenvalue weighted by Gasteiger charge is -2.31. The van der Waals surface area contributed by atoms with Crippen LogP contribution in [0.25, 0.3) is 0 Å². The Labute approximate surface area is 138 Å². The van der Waals surface area contributed by atoms with Crippen molar-refractivity contribution in [3.8, 4) is 0 Å². The molecule has 1 unspecified atom stereocenters. The first kappa shape index (κ1) is 21.2. The number of ether oxygens (including phenoxy) is 1. The SMILES string of the molecule is CCOC(Br)CC(=O)N(C)/C(CC)=C(/CC)N(C)C(F)(F)F. The van der Waals surface area contributed by atoms with E-state index in [1.807, 2.05) is 0 Å². The fourth-order valence-corrected chi connectivity index (χ4v) is 2.63. The Balaban J connectivity index is 5.34. The molecular weight excluding hydrogens is 365 g/mol. The van der Waals surface area contributed by atoms with Crippen LogP contribution in [0, 0.1) is 0 Å². The highest BCUT2D eigenvalue weighted by molar-refractivity contribution is 9.09. The summed E-state index contributed by atoms with van der Waals surface area (Å²) in [4.78, 5) is 13.8. The quantitative estimate of drug-likeness (QED) is 0.463. The average Bonchev–Trinajstić information content (AvgIpc) is 2.42. The van der Waals surface area contributed by atoms with Gasteiger partial charge in [0.1, 0.15) is 5.01 Å². The lowest BCUT2D eigenvalue weighted by atomic mass is 10.1. The Morgan fingerprint density at radius 1 is 1.14 bits per heavy atom. The molecule has 0 fully saturated rings. The van der Waals surface area contributed by atoms with E-state index < -0.39 is 11.3 Å². The van der Waals surface area contributed by atoms with Gasteiger partial charge in [-0.1, -0.05) is 29.8 Å². The molecule has 1 amide bonds. The first-order valence-corrected chi connectivity index (χ1v) is 8.06. The number of hydrogen-bond donors (Lipinski definition) is 0. The fourth-order valence-electron chi connectivity index (χ4n) is 2.09. The summed E-state index contributed by atoms with van der Waals surface area (Å²) in [6.07, 6.45) is -3.91. The molecule has 0 spiro atoms. The van der Waals surface area contributed by atoms with Gasteiger partial charge in [0, 0.05) is 32.1 Å². The highest BCUT2D eigenvalue weighted by Crippen LogP contribution is 2.29. The molecule has 0 saturated heterocycles. The van der Waals surface area contributed by atoms with Crippen LogP contribution in [0.3, 0.4) is 0 Å². The smallest absolute Gasteiger partial charge is 0.367 e. The number of rotatable bonds is 8. The summed E-state index contributed by atoms with van der Waals surface area (Å²) in [7, 11) is 2.47. The number of alkyl halides is 4. The summed E-state index contributed by atoms with van der Waals surface area (Å²) in [5.74, 6) is -0.298. The summed E-state index contributed by atoms with van der Waals surface area (Å²) in [5, 5.41) is -0.448. The lowest BCUT2D eigenvalue weighted by Crippen LogP contribution is -2.37. The topological polar surface area (TPSA) is 32.8 Å². The first-order valence-electron chi connectivity index (χ1n) is 7.14. The van der Waals surface area contributed by atoms with E-state index in [4.69, 9.17) is 4.74 Å². The molecule has 1 atom stereocenters. The van der Waals surface area contributed by atoms with Crippen molar-refractivity contribution in [3.63, 3.8) is 0 Å². The van der Waals surface area contributed by atoms with Crippen molar-refractivity contribution >= 4 is 21.8 Å². The summed E-state index contributed by atoms with van der Waals surface area (Å²) in [5.41, 5.74) is 0.455. The van der Waals surface area contributed by atoms with Gasteiger partial charge in [-0.3, -0.25) is 9.69 Å². The van der Waals surface area contributed by atoms with E-state index in [1.54, 1.807) is 20.8 Å². The highest BCUT2D eigenvalue weighted by Gasteiger charge is 2.36. The molecule has 22 heavy (non-hydrogen) atoms. The van der Waals surface area contributed by atoms with Crippen LogP contribution >= 0.6 is 15.9 Å². The van der Waals surface area contributed by atoms with Crippen LogP contribution in [0.4, 0.5) is 13.2 Å². The van der Waals surface area contributed by atoms with Crippen LogP contribution in [-0.2, 0) is 9.53 Å². The summed E-state index contributed by atoms with van der Waals surface area (Å²) < 4.78 is 44.0. The van der Waals surface area contributed by atoms with Crippen LogP contribution in [0.5, 0.6) is 0 Å². The summed E-state index contributed by atoms with van der Waals surface area (Å²) in [6, 6.07) is 0. The van der Waals surface area contributed by atoms with E-state index in [1.165, 1.54) is 11.9 Å². The Bertz CT molecular complexity index is 400. The maximum absolute atomic E-state index is 12.9. The van der Waals surface area contributed by atoms with Crippen LogP contribution in [-0.4, -0.2) is 47.7 Å². The number of allylic oxidation sites excluding steroid dienone is 2. The van der Waals surface area contributed by atoms with Crippen molar-refractivity contribution in [3.05, 3.63) is 11.4 Å². The minimum absolute atomic E-state index is 0.0561. The molecule has 0 aliphatic carbocycles. The number of halogens is 4. The van der Waals surface area contributed by atoms with Crippen molar-refractivity contribution in [2.24, 2.45) is 0 Å². The van der Waals surface area contributed by atoms with Gasteiger partial charge in [0.05, 0.1) is 6.42 Å². The number of carbonyl (C=O) groups excluding carboxylic acids is 1. The summed E-state index contributed by atoms with van der Waals surface area (Å²) in [6.45, 7) is 5.61. The van der Waals surface area contributed by atoms with Crippen molar-refractivity contribution in [1.29, 1.82) is 0 Å². The zero-order valence-corrected chi connectivity index (χ0v) is 15.2. The van der Waals surface area contributed by atoms with Crippen LogP contribution in [0.1, 0.15) is 40.0 Å². The van der Waals surface area contributed by atoms with E-state index in [9.17, 15) is 18.0 Å². The van der Waals surface area contributed by atoms with Gasteiger partial charge in [0.15, 0.2) is 0 Å². The van der Waals surface area contributed by atoms with E-state index in [0.29, 0.717) is 18.7 Å². The maximum atomic E-state index is 12.9. The molecule has 0 rings (SSSR count). The molecule has 0 aromatic heterocycles. The maximum Gasteiger partial charge on any atom is 0.484 e. The van der Waals surface area contributed by atoms with Gasteiger partial charge in [0.25, 0.3) is 0 Å². The molecule has 0 bridgehead atoms. The molecule has 0 saturated carbocycles. The second-order valence-electron chi connectivity index (χ2n) is 4.65. The first-order chi connectivity index (χ1) is 10.1. The van der Waals surface area contributed by atoms with Crippen LogP contribution in [0.2, 0.25) is 0 Å². The largest absolute Gasteiger partial charge is 0.484 e. The minimum Gasteiger partial charge on any atom is -0.367 e. The lowest BCUT2D eigenvalue weighted by molar-refractivity contribution is -0.225. The summed E-state index contributed by atoms with van der Waals surface area (Å²) >= 11 is 3.22. The Morgan fingerprint density at radius 3 is 2.00 bits per heavy atom. The molecule has 0 heterocycles. The highest BCUT2D eigenvalue weighted by atomic mass is 79.9. The molecule has 130 valence electrons. The van der Waals surface area contributed by atoms with Gasteiger partial charge in [0.2, 0.25) is 5.91 Å². The molecule has 4 nitrogen and oxygen atoms in total. The molecular formula is C14H24BrF3N2O2. The van der Waals surface area contributed by atoms with Gasteiger partial charge in [-0.05, 0) is 19.8 Å². The number of nitrogens with zero attached hydrogens (tertiary/aromatic N) is 2. The van der Waals surface area contributed by atoms with Gasteiger partial charge in [-0.2, -0.15) is 13.2 Å². The predicted octanol–water partition coefficient (Wildman–Crippen LogP) is 4.08. The van der Waals surface area contributed by atoms with Gasteiger partial charge in [-0.25, -0.2) is 0 Å². The van der Waals surface area contributed by atoms with Crippen LogP contribution < -0.4 is 0 Å². The van der Waals surface area contributed by atoms with E-state index >= 15 is 0 Å². The minimum atomic E-state index is -4.47. The Morgan fingerprint density at radius 2 is 1.64 bits per heavy atom. The van der Waals surface area contributed by atoms with E-state index in [2.05, 4.69) is 15.9 Å². The zero-order valence-electron chi connectivity index (χ0n) is 13.6. The van der Waals surface area contributed by atoms with E-state index in [0.717, 1.165) is 7.05 Å². The van der Waals surface area contributed by atoms with Crippen molar-refractivity contribution < 1.29 is 22.7 Å². The van der Waals surface area contributed by atoms with Gasteiger partial charge in [-0.15, -0.1) is 0 Å². The molecule has 0 aliphatic heterocycles. The van der Waals surface area contributed by atoms with E-state index in [-0.39, 0.29) is 29.3 Å². The van der Waals surface area contributed by atoms with Crippen LogP contribution in [0.15, 0.2) is 11.4 Å². The van der Waals surface area contributed by atoms with Crippen molar-refractivity contribution in [2.45, 2.75) is 51.3 Å². The molecule has 0 aliphatic rings. The fraction of sp³-hybridized carbons (Fsp3) is 0.786. The third-order valence-corrected chi connectivity index (χ3v) is 3.84. The van der Waals surface area contributed by atoms with Gasteiger partial charge < -0.3 is 9.64 Å². The number of amides is 1. The number of hydrogen-bond acceptors (Lipinski definition) is 3. The molecule has 0 aromatic carbocycles. The predicted molar refractivity (Wildman–Crippen MR) is 83.2 cm³/mol. The second kappa shape index (κ2) is 9.39. The molecule has 8 heteroatoms. The standard InChI is InChI=1S/C14H24BrF3N2O2/c1-6-10(11(7-2)20(5)14(16,17)18)19(4)13(21)9-12(15)22-8-3/h12H,6-9H2,1-5H3/b11-10-. The zero-order chi connectivity index (χ0) is 17.5. The van der Waals surface area contributed by atoms with Crippen molar-refractivity contribution in [2.75, 3.05) is 20.7 Å². The second-order valence-corrected chi connectivity index (χ2v) is 5.67. The average molecular weight is 389 g/mol. The molecule has 0 aromatic rings. The molecule has 0 N–H and O–H groups in total. The molecule has 0 radical (unpaired) electrons. The number of carbonyl (C=O) groups is 1. The monoisotopic (exact) mass is 388 g/mol. The van der Waals surface area contributed by atoms with Gasteiger partial charge >= 0.3 is 6.30 Å².